The molecule has 2 unspecified atom stereocenters. The summed E-state index contributed by atoms with van der Waals surface area (Å²) in [6, 6.07) is -0.487. The van der Waals surface area contributed by atoms with Gasteiger partial charge in [-0.3, -0.25) is 14.9 Å². The van der Waals surface area contributed by atoms with Crippen LogP contribution in [-0.2, 0) is 14.4 Å². The van der Waals surface area contributed by atoms with E-state index in [1.54, 1.807) is 0 Å². The molecule has 0 bridgehead atoms. The van der Waals surface area contributed by atoms with Crippen molar-refractivity contribution in [3.8, 4) is 0 Å². The molecule has 22 heavy (non-hydrogen) atoms. The van der Waals surface area contributed by atoms with Crippen LogP contribution in [0.3, 0.4) is 0 Å². The predicted octanol–water partition coefficient (Wildman–Crippen LogP) is 2.96. The molecule has 1 heterocycles. The minimum atomic E-state index is -0.803. The van der Waals surface area contributed by atoms with Crippen LogP contribution in [0.1, 0.15) is 71.1 Å². The summed E-state index contributed by atoms with van der Waals surface area (Å²) in [5.74, 6) is -0.354. The van der Waals surface area contributed by atoms with Gasteiger partial charge in [-0.25, -0.2) is 0 Å². The molecule has 7 nitrogen and oxygen atoms in total. The van der Waals surface area contributed by atoms with Gasteiger partial charge in [0.25, 0.3) is 5.09 Å². The molecule has 1 fully saturated rings. The van der Waals surface area contributed by atoms with Gasteiger partial charge < -0.3 is 4.74 Å². The molecule has 1 N–H and O–H groups in total. The van der Waals surface area contributed by atoms with E-state index in [-0.39, 0.29) is 5.97 Å². The second kappa shape index (κ2) is 11.2. The van der Waals surface area contributed by atoms with Crippen molar-refractivity contribution in [2.24, 2.45) is 0 Å². The van der Waals surface area contributed by atoms with E-state index in [9.17, 15) is 14.9 Å². The highest BCUT2D eigenvalue weighted by Gasteiger charge is 2.29. The van der Waals surface area contributed by atoms with Gasteiger partial charge in [0.15, 0.2) is 6.23 Å². The molecule has 2 atom stereocenters. The van der Waals surface area contributed by atoms with E-state index in [1.807, 2.05) is 0 Å². The lowest BCUT2D eigenvalue weighted by molar-refractivity contribution is -0.770. The first kappa shape index (κ1) is 18.7. The monoisotopic (exact) mass is 316 g/mol. The Balaban J connectivity index is 2.15. The number of cyclic esters (lactones) is 1. The third-order valence-corrected chi connectivity index (χ3v) is 3.86. The number of carbonyl (C=O) groups is 1. The molecular formula is C15H28N2O5. The maximum Gasteiger partial charge on any atom is 0.323 e. The van der Waals surface area contributed by atoms with Crippen LogP contribution < -0.4 is 5.32 Å². The van der Waals surface area contributed by atoms with Gasteiger partial charge in [0.05, 0.1) is 6.61 Å². The van der Waals surface area contributed by atoms with E-state index in [1.165, 1.54) is 32.1 Å². The lowest BCUT2D eigenvalue weighted by Crippen LogP contribution is -2.43. The smallest absolute Gasteiger partial charge is 0.323 e. The van der Waals surface area contributed by atoms with Gasteiger partial charge in [-0.15, -0.1) is 10.1 Å². The first-order chi connectivity index (χ1) is 10.6. The van der Waals surface area contributed by atoms with E-state index in [4.69, 9.17) is 4.74 Å². The van der Waals surface area contributed by atoms with Crippen LogP contribution in [-0.4, -0.2) is 29.9 Å². The van der Waals surface area contributed by atoms with Gasteiger partial charge in [0, 0.05) is 6.42 Å². The molecule has 1 aliphatic rings. The zero-order valence-corrected chi connectivity index (χ0v) is 13.4. The number of hydrogen-bond acceptors (Lipinski definition) is 6. The Kier molecular flexibility index (Phi) is 9.54. The van der Waals surface area contributed by atoms with Crippen LogP contribution in [0.25, 0.3) is 0 Å². The second-order valence-electron chi connectivity index (χ2n) is 5.76. The van der Waals surface area contributed by atoms with Gasteiger partial charge >= 0.3 is 5.97 Å². The predicted molar refractivity (Wildman–Crippen MR) is 81.6 cm³/mol. The van der Waals surface area contributed by atoms with Crippen molar-refractivity contribution in [2.75, 3.05) is 6.61 Å². The summed E-state index contributed by atoms with van der Waals surface area (Å²) < 4.78 is 4.83. The fourth-order valence-corrected chi connectivity index (χ4v) is 2.61. The fourth-order valence-electron chi connectivity index (χ4n) is 2.61. The molecule has 128 valence electrons. The quantitative estimate of drug-likeness (QED) is 0.185. The van der Waals surface area contributed by atoms with Gasteiger partial charge in [0.1, 0.15) is 6.04 Å². The number of ether oxygens (including phenoxy) is 1. The van der Waals surface area contributed by atoms with Crippen LogP contribution in [0.15, 0.2) is 0 Å². The average molecular weight is 316 g/mol. The average Bonchev–Trinajstić information content (AvgIpc) is 2.86. The number of carbonyl (C=O) groups excluding carboxylic acids is 1. The molecule has 0 spiro atoms. The highest BCUT2D eigenvalue weighted by molar-refractivity contribution is 5.77. The molecule has 0 aliphatic carbocycles. The van der Waals surface area contributed by atoms with E-state index in [0.29, 0.717) is 19.4 Å². The van der Waals surface area contributed by atoms with Crippen molar-refractivity contribution in [3.05, 3.63) is 10.1 Å². The van der Waals surface area contributed by atoms with Crippen molar-refractivity contribution < 1.29 is 19.5 Å². The maximum atomic E-state index is 11.4. The number of unbranched alkanes of at least 4 members (excludes halogenated alkanes) is 7. The molecule has 1 saturated heterocycles. The molecule has 0 aromatic heterocycles. The number of nitrogens with one attached hydrogen (secondary N) is 1. The standard InChI is InChI=1S/C15H28N2O5/c1-2-3-4-5-6-7-8-9-10-14(22-17(19)20)16-13-11-12-21-15(13)18/h13-14,16H,2-12H2,1H3. The summed E-state index contributed by atoms with van der Waals surface area (Å²) in [5.41, 5.74) is 0. The number of rotatable bonds is 13. The molecule has 1 aliphatic heterocycles. The fraction of sp³-hybridized carbons (Fsp3) is 0.933. The minimum Gasteiger partial charge on any atom is -0.464 e. The van der Waals surface area contributed by atoms with E-state index >= 15 is 0 Å². The van der Waals surface area contributed by atoms with Crippen LogP contribution >= 0.6 is 0 Å². The summed E-state index contributed by atoms with van der Waals surface area (Å²) >= 11 is 0. The zero-order chi connectivity index (χ0) is 16.2. The first-order valence-electron chi connectivity index (χ1n) is 8.37. The lowest BCUT2D eigenvalue weighted by Gasteiger charge is -2.19. The molecule has 0 aromatic rings. The Morgan fingerprint density at radius 3 is 2.45 bits per heavy atom. The normalized spacial score (nSPS) is 19.0. The molecule has 0 saturated carbocycles. The summed E-state index contributed by atoms with van der Waals surface area (Å²) in [4.78, 5) is 26.5. The SMILES string of the molecule is CCCCCCCCCCC(NC1CCOC1=O)O[N+](=O)[O-]. The molecule has 1 rings (SSSR count). The summed E-state index contributed by atoms with van der Waals surface area (Å²) in [7, 11) is 0. The van der Waals surface area contributed by atoms with Crippen LogP contribution in [0.4, 0.5) is 0 Å². The highest BCUT2D eigenvalue weighted by Crippen LogP contribution is 2.13. The van der Waals surface area contributed by atoms with Crippen molar-refractivity contribution in [1.82, 2.24) is 5.32 Å². The van der Waals surface area contributed by atoms with Gasteiger partial charge in [-0.2, -0.15) is 0 Å². The third kappa shape index (κ3) is 8.17. The summed E-state index contributed by atoms with van der Waals surface area (Å²) in [6.45, 7) is 2.56. The highest BCUT2D eigenvalue weighted by atomic mass is 17.0. The van der Waals surface area contributed by atoms with Crippen molar-refractivity contribution in [2.45, 2.75) is 83.4 Å². The number of nitrogens with zero attached hydrogens (tertiary/aromatic N) is 1. The van der Waals surface area contributed by atoms with E-state index in [2.05, 4.69) is 17.1 Å². The van der Waals surface area contributed by atoms with E-state index < -0.39 is 17.4 Å². The van der Waals surface area contributed by atoms with E-state index in [0.717, 1.165) is 19.3 Å². The van der Waals surface area contributed by atoms with Gasteiger partial charge in [-0.05, 0) is 12.8 Å². The Hall–Kier alpha value is -1.37. The van der Waals surface area contributed by atoms with Crippen molar-refractivity contribution >= 4 is 5.97 Å². The topological polar surface area (TPSA) is 90.7 Å². The number of hydrogen-bond donors (Lipinski definition) is 1. The van der Waals surface area contributed by atoms with Crippen LogP contribution in [0.5, 0.6) is 0 Å². The summed E-state index contributed by atoms with van der Waals surface area (Å²) in [5, 5.41) is 12.6. The molecule has 0 radical (unpaired) electrons. The van der Waals surface area contributed by atoms with Crippen LogP contribution in [0.2, 0.25) is 0 Å². The summed E-state index contributed by atoms with van der Waals surface area (Å²) in [6.07, 6.45) is 9.64. The van der Waals surface area contributed by atoms with Gasteiger partial charge in [-0.1, -0.05) is 51.9 Å². The first-order valence-corrected chi connectivity index (χ1v) is 8.37. The second-order valence-corrected chi connectivity index (χ2v) is 5.76. The largest absolute Gasteiger partial charge is 0.464 e. The van der Waals surface area contributed by atoms with Crippen molar-refractivity contribution in [3.63, 3.8) is 0 Å². The zero-order valence-electron chi connectivity index (χ0n) is 13.4. The Labute approximate surface area is 131 Å². The minimum absolute atomic E-state index is 0.354. The number of esters is 1. The van der Waals surface area contributed by atoms with Gasteiger partial charge in [0.2, 0.25) is 0 Å². The molecular weight excluding hydrogens is 288 g/mol. The van der Waals surface area contributed by atoms with Crippen LogP contribution in [0, 0.1) is 10.1 Å². The third-order valence-electron chi connectivity index (χ3n) is 3.86. The molecule has 0 aromatic carbocycles. The molecule has 7 heteroatoms. The Morgan fingerprint density at radius 1 is 1.27 bits per heavy atom. The Morgan fingerprint density at radius 2 is 1.91 bits per heavy atom. The molecule has 0 amide bonds. The Bertz CT molecular complexity index is 338. The lowest BCUT2D eigenvalue weighted by atomic mass is 10.1. The maximum absolute atomic E-state index is 11.4. The van der Waals surface area contributed by atoms with Crippen molar-refractivity contribution in [1.29, 1.82) is 0 Å².